The van der Waals surface area contributed by atoms with Crippen LogP contribution < -0.4 is 10.6 Å². The molecule has 0 aromatic heterocycles. The molecule has 7 heteroatoms. The Morgan fingerprint density at radius 1 is 1.21 bits per heavy atom. The van der Waals surface area contributed by atoms with Crippen molar-refractivity contribution in [2.24, 2.45) is 11.8 Å². The van der Waals surface area contributed by atoms with Crippen LogP contribution in [0.2, 0.25) is 0 Å². The molecule has 2 atom stereocenters. The van der Waals surface area contributed by atoms with Crippen molar-refractivity contribution < 1.29 is 18.0 Å². The first-order valence-corrected chi connectivity index (χ1v) is 8.18. The summed E-state index contributed by atoms with van der Waals surface area (Å²) in [6.45, 7) is 0.944. The van der Waals surface area contributed by atoms with Crippen molar-refractivity contribution in [1.82, 2.24) is 0 Å². The lowest BCUT2D eigenvalue weighted by Gasteiger charge is -2.29. The molecule has 0 bridgehead atoms. The smallest absolute Gasteiger partial charge is 0.385 e. The number of alkyl halides is 3. The van der Waals surface area contributed by atoms with Gasteiger partial charge in [0.2, 0.25) is 5.91 Å². The molecule has 1 saturated carbocycles. The van der Waals surface area contributed by atoms with Crippen LogP contribution in [0.15, 0.2) is 18.2 Å². The average molecular weight is 363 g/mol. The molecule has 1 heterocycles. The zero-order chi connectivity index (χ0) is 16.4. The van der Waals surface area contributed by atoms with E-state index in [-0.39, 0.29) is 31.2 Å². The van der Waals surface area contributed by atoms with E-state index in [9.17, 15) is 18.0 Å². The molecule has 24 heavy (non-hydrogen) atoms. The summed E-state index contributed by atoms with van der Waals surface area (Å²) in [5, 5.41) is 6.09. The minimum atomic E-state index is -4.20. The highest BCUT2D eigenvalue weighted by Gasteiger charge is 2.43. The molecule has 0 saturated heterocycles. The minimum absolute atomic E-state index is 0. The van der Waals surface area contributed by atoms with E-state index in [0.29, 0.717) is 18.5 Å². The standard InChI is InChI=1S/C17H21F3N2O.ClH/c18-17(19,20)13-5-1-3-12(9-13)16(23)22-14-6-7-15-11(10-14)4-2-8-21-15;/h6-7,10,12-13,21H,1-5,8-9H2,(H,22,23);1H. The Morgan fingerprint density at radius 2 is 2.00 bits per heavy atom. The highest BCUT2D eigenvalue weighted by atomic mass is 35.5. The van der Waals surface area contributed by atoms with Crippen LogP contribution in [-0.4, -0.2) is 18.6 Å². The maximum atomic E-state index is 12.9. The van der Waals surface area contributed by atoms with Crippen LogP contribution >= 0.6 is 12.4 Å². The number of carbonyl (C=O) groups excluding carboxylic acids is 1. The second kappa shape index (κ2) is 7.64. The molecule has 134 valence electrons. The fourth-order valence-electron chi connectivity index (χ4n) is 3.52. The van der Waals surface area contributed by atoms with Crippen LogP contribution in [0.1, 0.15) is 37.7 Å². The summed E-state index contributed by atoms with van der Waals surface area (Å²) in [7, 11) is 0. The summed E-state index contributed by atoms with van der Waals surface area (Å²) in [6, 6.07) is 5.64. The molecule has 1 fully saturated rings. The number of halogens is 4. The predicted molar refractivity (Wildman–Crippen MR) is 90.6 cm³/mol. The molecule has 0 radical (unpaired) electrons. The van der Waals surface area contributed by atoms with Gasteiger partial charge >= 0.3 is 6.18 Å². The number of aryl methyl sites for hydroxylation is 1. The average Bonchev–Trinajstić information content (AvgIpc) is 2.54. The number of rotatable bonds is 2. The molecule has 3 rings (SSSR count). The maximum absolute atomic E-state index is 12.9. The molecule has 0 spiro atoms. The number of anilines is 2. The van der Waals surface area contributed by atoms with Crippen LogP contribution in [-0.2, 0) is 11.2 Å². The molecule has 2 N–H and O–H groups in total. The second-order valence-corrected chi connectivity index (χ2v) is 6.49. The van der Waals surface area contributed by atoms with Crippen molar-refractivity contribution in [3.63, 3.8) is 0 Å². The van der Waals surface area contributed by atoms with Crippen LogP contribution in [0.5, 0.6) is 0 Å². The van der Waals surface area contributed by atoms with Gasteiger partial charge < -0.3 is 10.6 Å². The van der Waals surface area contributed by atoms with Gasteiger partial charge in [-0.1, -0.05) is 6.42 Å². The Morgan fingerprint density at radius 3 is 2.75 bits per heavy atom. The third-order valence-electron chi connectivity index (χ3n) is 4.82. The minimum Gasteiger partial charge on any atom is -0.385 e. The first kappa shape index (κ1) is 18.9. The van der Waals surface area contributed by atoms with Crippen molar-refractivity contribution in [2.75, 3.05) is 17.2 Å². The van der Waals surface area contributed by atoms with E-state index >= 15 is 0 Å². The van der Waals surface area contributed by atoms with Crippen molar-refractivity contribution >= 4 is 29.7 Å². The van der Waals surface area contributed by atoms with Gasteiger partial charge in [0.25, 0.3) is 0 Å². The lowest BCUT2D eigenvalue weighted by atomic mass is 9.80. The molecule has 2 unspecified atom stereocenters. The summed E-state index contributed by atoms with van der Waals surface area (Å²) in [6.07, 6.45) is -1.18. The third kappa shape index (κ3) is 4.35. The quantitative estimate of drug-likeness (QED) is 0.795. The number of carbonyl (C=O) groups is 1. The summed E-state index contributed by atoms with van der Waals surface area (Å²) in [5.41, 5.74) is 2.89. The highest BCUT2D eigenvalue weighted by molar-refractivity contribution is 5.93. The number of hydrogen-bond acceptors (Lipinski definition) is 2. The maximum Gasteiger partial charge on any atom is 0.391 e. The normalized spacial score (nSPS) is 23.5. The number of nitrogens with one attached hydrogen (secondary N) is 2. The fraction of sp³-hybridized carbons (Fsp3) is 0.588. The van der Waals surface area contributed by atoms with Crippen molar-refractivity contribution in [2.45, 2.75) is 44.7 Å². The lowest BCUT2D eigenvalue weighted by Crippen LogP contribution is -2.34. The molecular formula is C17H22ClF3N2O. The molecule has 1 aliphatic heterocycles. The fourth-order valence-corrected chi connectivity index (χ4v) is 3.52. The first-order valence-electron chi connectivity index (χ1n) is 8.18. The van der Waals surface area contributed by atoms with E-state index in [1.54, 1.807) is 6.07 Å². The third-order valence-corrected chi connectivity index (χ3v) is 4.82. The molecule has 1 aromatic carbocycles. The van der Waals surface area contributed by atoms with E-state index in [2.05, 4.69) is 10.6 Å². The highest BCUT2D eigenvalue weighted by Crippen LogP contribution is 2.40. The SMILES string of the molecule is Cl.O=C(Nc1ccc2c(c1)CCCN2)C1CCCC(C(F)(F)F)C1. The molecular weight excluding hydrogens is 341 g/mol. The van der Waals surface area contributed by atoms with Gasteiger partial charge in [0.1, 0.15) is 0 Å². The van der Waals surface area contributed by atoms with Crippen LogP contribution in [0.4, 0.5) is 24.5 Å². The monoisotopic (exact) mass is 362 g/mol. The largest absolute Gasteiger partial charge is 0.391 e. The molecule has 1 aliphatic carbocycles. The van der Waals surface area contributed by atoms with Gasteiger partial charge in [-0.3, -0.25) is 4.79 Å². The van der Waals surface area contributed by atoms with E-state index in [0.717, 1.165) is 30.6 Å². The van der Waals surface area contributed by atoms with E-state index in [1.165, 1.54) is 0 Å². The zero-order valence-corrected chi connectivity index (χ0v) is 14.1. The van der Waals surface area contributed by atoms with Crippen LogP contribution in [0, 0.1) is 11.8 Å². The topological polar surface area (TPSA) is 41.1 Å². The molecule has 2 aliphatic rings. The number of amides is 1. The zero-order valence-electron chi connectivity index (χ0n) is 13.3. The summed E-state index contributed by atoms with van der Waals surface area (Å²) < 4.78 is 38.6. The second-order valence-electron chi connectivity index (χ2n) is 6.49. The molecule has 3 nitrogen and oxygen atoms in total. The summed E-state index contributed by atoms with van der Waals surface area (Å²) >= 11 is 0. The lowest BCUT2D eigenvalue weighted by molar-refractivity contribution is -0.185. The Balaban J connectivity index is 0.00000208. The number of benzene rings is 1. The molecule has 1 aromatic rings. The van der Waals surface area contributed by atoms with Gasteiger partial charge in [0.15, 0.2) is 0 Å². The number of hydrogen-bond donors (Lipinski definition) is 2. The van der Waals surface area contributed by atoms with Crippen LogP contribution in [0.25, 0.3) is 0 Å². The molecule has 1 amide bonds. The predicted octanol–water partition coefficient (Wildman–Crippen LogP) is 4.77. The van der Waals surface area contributed by atoms with E-state index in [4.69, 9.17) is 0 Å². The van der Waals surface area contributed by atoms with E-state index < -0.39 is 18.0 Å². The number of fused-ring (bicyclic) bond motifs is 1. The van der Waals surface area contributed by atoms with Gasteiger partial charge in [-0.2, -0.15) is 13.2 Å². The van der Waals surface area contributed by atoms with Crippen LogP contribution in [0.3, 0.4) is 0 Å². The van der Waals surface area contributed by atoms with Gasteiger partial charge in [-0.05, 0) is 55.9 Å². The summed E-state index contributed by atoms with van der Waals surface area (Å²) in [4.78, 5) is 12.3. The van der Waals surface area contributed by atoms with Gasteiger partial charge in [-0.15, -0.1) is 12.4 Å². The van der Waals surface area contributed by atoms with Crippen molar-refractivity contribution in [1.29, 1.82) is 0 Å². The van der Waals surface area contributed by atoms with Gasteiger partial charge in [0, 0.05) is 23.8 Å². The van der Waals surface area contributed by atoms with Crippen molar-refractivity contribution in [3.8, 4) is 0 Å². The Hall–Kier alpha value is -1.43. The summed E-state index contributed by atoms with van der Waals surface area (Å²) in [5.74, 6) is -2.19. The van der Waals surface area contributed by atoms with Crippen molar-refractivity contribution in [3.05, 3.63) is 23.8 Å². The Kier molecular flexibility index (Phi) is 6.01. The van der Waals surface area contributed by atoms with Gasteiger partial charge in [0.05, 0.1) is 5.92 Å². The Labute approximate surface area is 145 Å². The Bertz CT molecular complexity index is 592. The van der Waals surface area contributed by atoms with Gasteiger partial charge in [-0.25, -0.2) is 0 Å². The van der Waals surface area contributed by atoms with E-state index in [1.807, 2.05) is 12.1 Å². The first-order chi connectivity index (χ1) is 10.9.